The third-order valence-corrected chi connectivity index (χ3v) is 4.53. The van der Waals surface area contributed by atoms with E-state index < -0.39 is 5.97 Å². The van der Waals surface area contributed by atoms with Crippen molar-refractivity contribution in [3.8, 4) is 0 Å². The number of hydrogen-bond acceptors (Lipinski definition) is 4. The molecule has 0 aromatic heterocycles. The molecule has 1 fully saturated rings. The standard InChI is InChI=1S/C15H18Cl2N2O2/c1-9-8-19(3)10(2)6-14(9)18-21-15(20)11-4-5-12(16)13(17)7-11/h4-5,7,9-10H,6,8H2,1-3H3/t9-,10+/m0/s1. The maximum Gasteiger partial charge on any atom is 0.365 e. The number of rotatable bonds is 2. The van der Waals surface area contributed by atoms with E-state index in [2.05, 4.69) is 31.0 Å². The molecular weight excluding hydrogens is 311 g/mol. The summed E-state index contributed by atoms with van der Waals surface area (Å²) in [6.45, 7) is 5.11. The third kappa shape index (κ3) is 3.96. The van der Waals surface area contributed by atoms with Crippen LogP contribution in [0.15, 0.2) is 23.4 Å². The van der Waals surface area contributed by atoms with Crippen LogP contribution in [-0.4, -0.2) is 36.2 Å². The Hall–Kier alpha value is -1.10. The summed E-state index contributed by atoms with van der Waals surface area (Å²) in [6, 6.07) is 5.00. The van der Waals surface area contributed by atoms with Crippen molar-refractivity contribution in [1.29, 1.82) is 0 Å². The van der Waals surface area contributed by atoms with Crippen LogP contribution in [-0.2, 0) is 4.84 Å². The number of halogens is 2. The van der Waals surface area contributed by atoms with E-state index in [1.807, 2.05) is 0 Å². The van der Waals surface area contributed by atoms with Gasteiger partial charge in [0, 0.05) is 24.9 Å². The van der Waals surface area contributed by atoms with Crippen molar-refractivity contribution in [2.75, 3.05) is 13.6 Å². The Morgan fingerprint density at radius 2 is 2.05 bits per heavy atom. The van der Waals surface area contributed by atoms with E-state index in [9.17, 15) is 4.79 Å². The van der Waals surface area contributed by atoms with Crippen LogP contribution in [0.1, 0.15) is 30.6 Å². The van der Waals surface area contributed by atoms with Gasteiger partial charge < -0.3 is 9.74 Å². The van der Waals surface area contributed by atoms with E-state index in [1.54, 1.807) is 12.1 Å². The minimum absolute atomic E-state index is 0.271. The van der Waals surface area contributed by atoms with Gasteiger partial charge in [-0.3, -0.25) is 0 Å². The summed E-state index contributed by atoms with van der Waals surface area (Å²) in [4.78, 5) is 19.3. The number of hydrogen-bond donors (Lipinski definition) is 0. The first-order valence-electron chi connectivity index (χ1n) is 6.82. The second-order valence-corrected chi connectivity index (χ2v) is 6.30. The summed E-state index contributed by atoms with van der Waals surface area (Å²) in [5.41, 5.74) is 1.25. The molecule has 1 aromatic carbocycles. The fourth-order valence-electron chi connectivity index (χ4n) is 2.28. The van der Waals surface area contributed by atoms with Gasteiger partial charge in [0.25, 0.3) is 0 Å². The first-order valence-corrected chi connectivity index (χ1v) is 7.57. The van der Waals surface area contributed by atoms with Crippen LogP contribution in [0.2, 0.25) is 10.0 Å². The zero-order chi connectivity index (χ0) is 15.6. The fraction of sp³-hybridized carbons (Fsp3) is 0.467. The molecule has 114 valence electrons. The maximum atomic E-state index is 12.0. The van der Waals surface area contributed by atoms with Crippen molar-refractivity contribution in [1.82, 2.24) is 4.90 Å². The molecule has 0 bridgehead atoms. The topological polar surface area (TPSA) is 41.9 Å². The Morgan fingerprint density at radius 3 is 2.71 bits per heavy atom. The highest BCUT2D eigenvalue weighted by atomic mass is 35.5. The number of carbonyl (C=O) groups is 1. The van der Waals surface area contributed by atoms with E-state index in [1.165, 1.54) is 6.07 Å². The lowest BCUT2D eigenvalue weighted by Gasteiger charge is -2.34. The smallest absolute Gasteiger partial charge is 0.313 e. The molecule has 2 rings (SSSR count). The zero-order valence-electron chi connectivity index (χ0n) is 12.3. The first-order chi connectivity index (χ1) is 9.88. The summed E-state index contributed by atoms with van der Waals surface area (Å²) >= 11 is 11.7. The van der Waals surface area contributed by atoms with Crippen LogP contribution >= 0.6 is 23.2 Å². The average molecular weight is 329 g/mol. The molecule has 6 heteroatoms. The molecule has 1 saturated heterocycles. The largest absolute Gasteiger partial charge is 0.365 e. The minimum atomic E-state index is -0.528. The van der Waals surface area contributed by atoms with Gasteiger partial charge in [0.15, 0.2) is 0 Å². The summed E-state index contributed by atoms with van der Waals surface area (Å²) in [5.74, 6) is -0.257. The summed E-state index contributed by atoms with van der Waals surface area (Å²) in [5, 5.41) is 4.76. The molecule has 0 N–H and O–H groups in total. The summed E-state index contributed by atoms with van der Waals surface area (Å²) < 4.78 is 0. The molecule has 1 aromatic rings. The summed E-state index contributed by atoms with van der Waals surface area (Å²) in [6.07, 6.45) is 0.798. The van der Waals surface area contributed by atoms with Gasteiger partial charge in [-0.1, -0.05) is 35.3 Å². The van der Waals surface area contributed by atoms with Gasteiger partial charge in [-0.25, -0.2) is 4.79 Å². The van der Waals surface area contributed by atoms with E-state index in [-0.39, 0.29) is 5.92 Å². The lowest BCUT2D eigenvalue weighted by atomic mass is 9.93. The third-order valence-electron chi connectivity index (χ3n) is 3.79. The molecule has 1 aliphatic heterocycles. The molecule has 2 atom stereocenters. The summed E-state index contributed by atoms with van der Waals surface area (Å²) in [7, 11) is 2.08. The molecule has 21 heavy (non-hydrogen) atoms. The monoisotopic (exact) mass is 328 g/mol. The number of nitrogens with zero attached hydrogens (tertiary/aromatic N) is 2. The fourth-order valence-corrected chi connectivity index (χ4v) is 2.58. The highest BCUT2D eigenvalue weighted by Gasteiger charge is 2.26. The van der Waals surface area contributed by atoms with Gasteiger partial charge in [-0.15, -0.1) is 0 Å². The van der Waals surface area contributed by atoms with Crippen molar-refractivity contribution < 1.29 is 9.63 Å². The van der Waals surface area contributed by atoms with E-state index in [4.69, 9.17) is 28.0 Å². The number of carbonyl (C=O) groups excluding carboxylic acids is 1. The molecule has 0 amide bonds. The lowest BCUT2D eigenvalue weighted by molar-refractivity contribution is 0.0508. The highest BCUT2D eigenvalue weighted by Crippen LogP contribution is 2.23. The predicted octanol–water partition coefficient (Wildman–Crippen LogP) is 3.87. The SMILES string of the molecule is C[C@@H]1CC(=NOC(=O)c2ccc(Cl)c(Cl)c2)[C@@H](C)CN1C. The first kappa shape index (κ1) is 16.3. The van der Waals surface area contributed by atoms with Crippen LogP contribution in [0.5, 0.6) is 0 Å². The second kappa shape index (κ2) is 6.77. The Kier molecular flexibility index (Phi) is 5.25. The predicted molar refractivity (Wildman–Crippen MR) is 85.2 cm³/mol. The molecule has 4 nitrogen and oxygen atoms in total. The quantitative estimate of drug-likeness (QED) is 0.611. The number of oxime groups is 1. The van der Waals surface area contributed by atoms with Gasteiger partial charge >= 0.3 is 5.97 Å². The Balaban J connectivity index is 2.05. The van der Waals surface area contributed by atoms with Crippen molar-refractivity contribution >= 4 is 34.9 Å². The van der Waals surface area contributed by atoms with Crippen LogP contribution < -0.4 is 0 Å². The maximum absolute atomic E-state index is 12.0. The second-order valence-electron chi connectivity index (χ2n) is 5.48. The van der Waals surface area contributed by atoms with Crippen LogP contribution in [0.4, 0.5) is 0 Å². The van der Waals surface area contributed by atoms with Gasteiger partial charge in [0.1, 0.15) is 0 Å². The lowest BCUT2D eigenvalue weighted by Crippen LogP contribution is -2.43. The molecule has 0 saturated carbocycles. The number of benzene rings is 1. The van der Waals surface area contributed by atoms with Gasteiger partial charge in [-0.05, 0) is 32.2 Å². The van der Waals surface area contributed by atoms with E-state index in [0.29, 0.717) is 21.7 Å². The Bertz CT molecular complexity index is 575. The molecule has 1 aliphatic rings. The minimum Gasteiger partial charge on any atom is -0.313 e. The van der Waals surface area contributed by atoms with Crippen molar-refractivity contribution in [2.24, 2.45) is 11.1 Å². The average Bonchev–Trinajstić information content (AvgIpc) is 2.44. The number of piperidine rings is 1. The molecule has 0 radical (unpaired) electrons. The Morgan fingerprint density at radius 1 is 1.33 bits per heavy atom. The van der Waals surface area contributed by atoms with Crippen molar-refractivity contribution in [2.45, 2.75) is 26.3 Å². The van der Waals surface area contributed by atoms with Gasteiger partial charge in [0.05, 0.1) is 21.3 Å². The van der Waals surface area contributed by atoms with Gasteiger partial charge in [0.2, 0.25) is 0 Å². The number of likely N-dealkylation sites (tertiary alicyclic amines) is 1. The van der Waals surface area contributed by atoms with Gasteiger partial charge in [-0.2, -0.15) is 0 Å². The van der Waals surface area contributed by atoms with E-state index >= 15 is 0 Å². The molecule has 1 heterocycles. The van der Waals surface area contributed by atoms with Crippen molar-refractivity contribution in [3.05, 3.63) is 33.8 Å². The van der Waals surface area contributed by atoms with Crippen molar-refractivity contribution in [3.63, 3.8) is 0 Å². The van der Waals surface area contributed by atoms with E-state index in [0.717, 1.165) is 18.7 Å². The highest BCUT2D eigenvalue weighted by molar-refractivity contribution is 6.42. The molecular formula is C15H18Cl2N2O2. The molecule has 0 spiro atoms. The molecule has 0 aliphatic carbocycles. The Labute approximate surface area is 134 Å². The normalized spacial score (nSPS) is 25.1. The van der Waals surface area contributed by atoms with Crippen LogP contribution in [0.25, 0.3) is 0 Å². The molecule has 0 unspecified atom stereocenters. The zero-order valence-corrected chi connectivity index (χ0v) is 13.8. The van der Waals surface area contributed by atoms with Crippen LogP contribution in [0, 0.1) is 5.92 Å². The van der Waals surface area contributed by atoms with Crippen LogP contribution in [0.3, 0.4) is 0 Å².